The first-order valence-corrected chi connectivity index (χ1v) is 11.7. The molecule has 31 heavy (non-hydrogen) atoms. The van der Waals surface area contributed by atoms with Gasteiger partial charge in [0.1, 0.15) is 6.10 Å². The van der Waals surface area contributed by atoms with E-state index in [-0.39, 0.29) is 12.0 Å². The maximum absolute atomic E-state index is 12.8. The second kappa shape index (κ2) is 10.0. The molecule has 0 saturated carbocycles. The third-order valence-electron chi connectivity index (χ3n) is 5.75. The maximum atomic E-state index is 12.8. The second-order valence-corrected chi connectivity index (χ2v) is 9.31. The summed E-state index contributed by atoms with van der Waals surface area (Å²) >= 11 is 1.64. The lowest BCUT2D eigenvalue weighted by atomic mass is 10.1. The molecule has 2 aromatic rings. The van der Waals surface area contributed by atoms with Crippen LogP contribution < -0.4 is 5.32 Å². The average molecular weight is 446 g/mol. The molecule has 1 unspecified atom stereocenters. The van der Waals surface area contributed by atoms with Gasteiger partial charge < -0.3 is 19.7 Å². The van der Waals surface area contributed by atoms with Crippen molar-refractivity contribution in [1.82, 2.24) is 19.8 Å². The van der Waals surface area contributed by atoms with Gasteiger partial charge in [-0.25, -0.2) is 4.98 Å². The normalized spacial score (nSPS) is 20.1. The molecule has 9 heteroatoms. The van der Waals surface area contributed by atoms with E-state index >= 15 is 0 Å². The average Bonchev–Trinajstić information content (AvgIpc) is 3.09. The number of anilines is 2. The molecule has 0 aromatic carbocycles. The first kappa shape index (κ1) is 22.1. The minimum Gasteiger partial charge on any atom is -0.379 e. The molecule has 2 aromatic heterocycles. The van der Waals surface area contributed by atoms with E-state index < -0.39 is 0 Å². The maximum Gasteiger partial charge on any atom is 0.224 e. The Hall–Kier alpha value is -2.07. The number of ether oxygens (including phenoxy) is 2. The zero-order valence-corrected chi connectivity index (χ0v) is 19.3. The van der Waals surface area contributed by atoms with E-state index in [1.165, 1.54) is 4.88 Å². The monoisotopic (exact) mass is 445 g/mol. The van der Waals surface area contributed by atoms with Crippen molar-refractivity contribution < 1.29 is 14.3 Å². The van der Waals surface area contributed by atoms with Crippen molar-refractivity contribution in [1.29, 1.82) is 0 Å². The van der Waals surface area contributed by atoms with E-state index in [2.05, 4.69) is 22.1 Å². The van der Waals surface area contributed by atoms with Crippen LogP contribution >= 0.6 is 11.3 Å². The van der Waals surface area contributed by atoms with Crippen LogP contribution in [0.25, 0.3) is 0 Å². The highest BCUT2D eigenvalue weighted by molar-refractivity contribution is 7.15. The van der Waals surface area contributed by atoms with Gasteiger partial charge in [-0.15, -0.1) is 11.3 Å². The van der Waals surface area contributed by atoms with Gasteiger partial charge in [-0.1, -0.05) is 0 Å². The number of thiazole rings is 1. The molecule has 4 heterocycles. The van der Waals surface area contributed by atoms with E-state index in [0.29, 0.717) is 26.1 Å². The number of nitrogens with zero attached hydrogens (tertiary/aromatic N) is 4. The molecule has 2 aliphatic rings. The fourth-order valence-corrected chi connectivity index (χ4v) is 4.71. The largest absolute Gasteiger partial charge is 0.379 e. The molecule has 0 spiro atoms. The van der Waals surface area contributed by atoms with E-state index in [1.807, 2.05) is 30.9 Å². The molecule has 8 nitrogen and oxygen atoms in total. The van der Waals surface area contributed by atoms with Crippen LogP contribution in [0.1, 0.15) is 34.5 Å². The van der Waals surface area contributed by atoms with Gasteiger partial charge in [-0.05, 0) is 32.9 Å². The second-order valence-electron chi connectivity index (χ2n) is 8.11. The highest BCUT2D eigenvalue weighted by Gasteiger charge is 2.27. The molecule has 1 N–H and O–H groups in total. The van der Waals surface area contributed by atoms with Gasteiger partial charge in [-0.3, -0.25) is 14.7 Å². The van der Waals surface area contributed by atoms with Crippen LogP contribution in [0.15, 0.2) is 12.1 Å². The fourth-order valence-electron chi connectivity index (χ4n) is 3.87. The lowest BCUT2D eigenvalue weighted by Gasteiger charge is -2.34. The number of amides is 1. The summed E-state index contributed by atoms with van der Waals surface area (Å²) in [5.74, 6) is 0.180. The van der Waals surface area contributed by atoms with Crippen LogP contribution in [-0.2, 0) is 14.3 Å². The fraction of sp³-hybridized carbons (Fsp3) is 0.591. The van der Waals surface area contributed by atoms with Crippen molar-refractivity contribution in [2.45, 2.75) is 33.3 Å². The van der Waals surface area contributed by atoms with Gasteiger partial charge in [-0.2, -0.15) is 0 Å². The van der Waals surface area contributed by atoms with Crippen molar-refractivity contribution in [2.24, 2.45) is 0 Å². The lowest BCUT2D eigenvalue weighted by molar-refractivity contribution is -0.139. The molecule has 1 amide bonds. The summed E-state index contributed by atoms with van der Waals surface area (Å²) in [7, 11) is 0. The minimum atomic E-state index is -0.221. The van der Waals surface area contributed by atoms with Crippen LogP contribution in [0.3, 0.4) is 0 Å². The lowest BCUT2D eigenvalue weighted by Crippen LogP contribution is -2.44. The van der Waals surface area contributed by atoms with Gasteiger partial charge in [0.15, 0.2) is 5.13 Å². The Bertz CT molecular complexity index is 893. The number of rotatable bonds is 6. The van der Waals surface area contributed by atoms with Gasteiger partial charge in [0, 0.05) is 48.9 Å². The zero-order valence-electron chi connectivity index (χ0n) is 18.5. The van der Waals surface area contributed by atoms with Crippen LogP contribution in [0.4, 0.5) is 10.8 Å². The molecule has 1 atom stereocenters. The Kier molecular flexibility index (Phi) is 7.16. The van der Waals surface area contributed by atoms with Crippen LogP contribution in [0.2, 0.25) is 0 Å². The van der Waals surface area contributed by atoms with Crippen molar-refractivity contribution in [2.75, 3.05) is 57.9 Å². The number of carbonyl (C=O) groups is 1. The van der Waals surface area contributed by atoms with Gasteiger partial charge in [0.25, 0.3) is 0 Å². The summed E-state index contributed by atoms with van der Waals surface area (Å²) in [4.78, 5) is 27.5. The van der Waals surface area contributed by atoms with E-state index in [4.69, 9.17) is 14.5 Å². The third kappa shape index (κ3) is 5.79. The summed E-state index contributed by atoms with van der Waals surface area (Å²) < 4.78 is 11.4. The number of aryl methyl sites for hydroxylation is 3. The van der Waals surface area contributed by atoms with Crippen LogP contribution in [0, 0.1) is 20.8 Å². The van der Waals surface area contributed by atoms with Crippen LogP contribution in [-0.4, -0.2) is 78.2 Å². The van der Waals surface area contributed by atoms with Crippen LogP contribution in [0.5, 0.6) is 0 Å². The number of hydrogen-bond donors (Lipinski definition) is 1. The van der Waals surface area contributed by atoms with Crippen molar-refractivity contribution in [3.8, 4) is 0 Å². The van der Waals surface area contributed by atoms with Crippen molar-refractivity contribution in [3.05, 3.63) is 34.1 Å². The predicted molar refractivity (Wildman–Crippen MR) is 121 cm³/mol. The molecular formula is C22H31N5O3S. The van der Waals surface area contributed by atoms with Gasteiger partial charge in [0.05, 0.1) is 37.8 Å². The van der Waals surface area contributed by atoms with Gasteiger partial charge in [0.2, 0.25) is 5.91 Å². The number of carbonyl (C=O) groups excluding carboxylic acids is 1. The molecule has 2 saturated heterocycles. The van der Waals surface area contributed by atoms with E-state index in [0.717, 1.165) is 60.7 Å². The SMILES string of the molecule is Cc1cc(Nc2nc(C)c(C)s2)cc(C2CN(C(=O)CCN3CCOCC3)CCO2)n1. The molecule has 4 rings (SSSR count). The molecule has 0 bridgehead atoms. The topological polar surface area (TPSA) is 79.8 Å². The summed E-state index contributed by atoms with van der Waals surface area (Å²) in [5, 5.41) is 4.26. The van der Waals surface area contributed by atoms with Crippen molar-refractivity contribution >= 4 is 28.1 Å². The number of aromatic nitrogens is 2. The Morgan fingerprint density at radius 1 is 1.16 bits per heavy atom. The summed E-state index contributed by atoms with van der Waals surface area (Å²) in [6.45, 7) is 11.8. The Morgan fingerprint density at radius 3 is 2.71 bits per heavy atom. The summed E-state index contributed by atoms with van der Waals surface area (Å²) in [6, 6.07) is 4.01. The Balaban J connectivity index is 1.39. The molecule has 2 fully saturated rings. The van der Waals surface area contributed by atoms with E-state index in [9.17, 15) is 4.79 Å². The van der Waals surface area contributed by atoms with Crippen molar-refractivity contribution in [3.63, 3.8) is 0 Å². The first-order valence-electron chi connectivity index (χ1n) is 10.9. The molecule has 0 radical (unpaired) electrons. The Morgan fingerprint density at radius 2 is 1.97 bits per heavy atom. The first-order chi connectivity index (χ1) is 15.0. The molecule has 0 aliphatic carbocycles. The molecule has 2 aliphatic heterocycles. The smallest absolute Gasteiger partial charge is 0.224 e. The minimum absolute atomic E-state index is 0.180. The highest BCUT2D eigenvalue weighted by atomic mass is 32.1. The number of pyridine rings is 1. The van der Waals surface area contributed by atoms with Gasteiger partial charge >= 0.3 is 0 Å². The highest BCUT2D eigenvalue weighted by Crippen LogP contribution is 2.28. The molecular weight excluding hydrogens is 414 g/mol. The number of nitrogens with one attached hydrogen (secondary N) is 1. The Labute approximate surface area is 187 Å². The zero-order chi connectivity index (χ0) is 21.8. The standard InChI is InChI=1S/C22H31N5O3S/c1-15-12-18(25-22-24-16(2)17(3)31-22)13-19(23-15)20-14-27(8-11-30-20)21(28)4-5-26-6-9-29-10-7-26/h12-13,20H,4-11,14H2,1-3H3,(H,23,24,25). The third-order valence-corrected chi connectivity index (χ3v) is 6.74. The number of morpholine rings is 2. The predicted octanol–water partition coefficient (Wildman–Crippen LogP) is 2.83. The quantitative estimate of drug-likeness (QED) is 0.732. The molecule has 168 valence electrons. The summed E-state index contributed by atoms with van der Waals surface area (Å²) in [5.41, 5.74) is 3.73. The number of hydrogen-bond acceptors (Lipinski definition) is 8. The summed E-state index contributed by atoms with van der Waals surface area (Å²) in [6.07, 6.45) is 0.310. The van der Waals surface area contributed by atoms with E-state index in [1.54, 1.807) is 11.3 Å².